The SMILES string of the molecule is CCCCCCCCCCCCCCC[N+](C)(C)C.O=S(=O)(O)O. The maximum Gasteiger partial charge on any atom is 0.394 e. The fourth-order valence-electron chi connectivity index (χ4n) is 2.60. The maximum atomic E-state index is 8.74. The van der Waals surface area contributed by atoms with Gasteiger partial charge in [0.15, 0.2) is 0 Å². The number of hydrogen-bond donors (Lipinski definition) is 2. The summed E-state index contributed by atoms with van der Waals surface area (Å²) in [6.45, 7) is 3.62. The highest BCUT2D eigenvalue weighted by Crippen LogP contribution is 2.12. The summed E-state index contributed by atoms with van der Waals surface area (Å²) in [6, 6.07) is 0. The quantitative estimate of drug-likeness (QED) is 0.253. The first-order valence-corrected chi connectivity index (χ1v) is 11.0. The molecule has 0 bridgehead atoms. The van der Waals surface area contributed by atoms with Crippen molar-refractivity contribution in [3.05, 3.63) is 0 Å². The Kier molecular flexibility index (Phi) is 17.7. The Bertz CT molecular complexity index is 343. The van der Waals surface area contributed by atoms with Crippen molar-refractivity contribution in [1.82, 2.24) is 0 Å². The predicted octanol–water partition coefficient (Wildman–Crippen LogP) is 5.13. The molecular weight excluding hydrogens is 326 g/mol. The Morgan fingerprint density at radius 1 is 0.625 bits per heavy atom. The second-order valence-corrected chi connectivity index (χ2v) is 8.60. The molecule has 0 aliphatic rings. The third-order valence-electron chi connectivity index (χ3n) is 3.93. The zero-order chi connectivity index (χ0) is 18.9. The smallest absolute Gasteiger partial charge is 0.331 e. The molecule has 6 heteroatoms. The summed E-state index contributed by atoms with van der Waals surface area (Å²) < 4.78 is 32.7. The second-order valence-electron chi connectivity index (χ2n) is 7.70. The Morgan fingerprint density at radius 2 is 0.875 bits per heavy atom. The summed E-state index contributed by atoms with van der Waals surface area (Å²) >= 11 is 0. The summed E-state index contributed by atoms with van der Waals surface area (Å²) in [5.74, 6) is 0. The van der Waals surface area contributed by atoms with E-state index in [1.807, 2.05) is 0 Å². The molecule has 5 nitrogen and oxygen atoms in total. The van der Waals surface area contributed by atoms with Crippen molar-refractivity contribution >= 4 is 10.4 Å². The number of rotatable bonds is 14. The van der Waals surface area contributed by atoms with Crippen LogP contribution < -0.4 is 0 Å². The minimum atomic E-state index is -4.67. The number of hydrogen-bond acceptors (Lipinski definition) is 2. The van der Waals surface area contributed by atoms with Gasteiger partial charge in [-0.25, -0.2) is 0 Å². The molecule has 0 heterocycles. The van der Waals surface area contributed by atoms with Crippen molar-refractivity contribution in [2.45, 2.75) is 90.4 Å². The summed E-state index contributed by atoms with van der Waals surface area (Å²) in [4.78, 5) is 0. The fourth-order valence-corrected chi connectivity index (χ4v) is 2.60. The Hall–Kier alpha value is -0.170. The molecule has 148 valence electrons. The molecule has 0 aromatic heterocycles. The van der Waals surface area contributed by atoms with Gasteiger partial charge in [0.25, 0.3) is 0 Å². The van der Waals surface area contributed by atoms with Crippen LogP contribution in [0.1, 0.15) is 90.4 Å². The lowest BCUT2D eigenvalue weighted by atomic mass is 10.0. The minimum Gasteiger partial charge on any atom is -0.331 e. The van der Waals surface area contributed by atoms with Crippen LogP contribution in [0.5, 0.6) is 0 Å². The predicted molar refractivity (Wildman–Crippen MR) is 103 cm³/mol. The minimum absolute atomic E-state index is 1.12. The molecule has 0 radical (unpaired) electrons. The zero-order valence-corrected chi connectivity index (χ0v) is 17.3. The molecule has 0 aliphatic heterocycles. The van der Waals surface area contributed by atoms with E-state index in [2.05, 4.69) is 28.1 Å². The van der Waals surface area contributed by atoms with E-state index in [9.17, 15) is 0 Å². The lowest BCUT2D eigenvalue weighted by Gasteiger charge is -2.23. The first-order valence-electron chi connectivity index (χ1n) is 9.56. The van der Waals surface area contributed by atoms with Crippen LogP contribution in [0.15, 0.2) is 0 Å². The van der Waals surface area contributed by atoms with Gasteiger partial charge in [0, 0.05) is 0 Å². The summed E-state index contributed by atoms with van der Waals surface area (Å²) in [5.41, 5.74) is 0. The summed E-state index contributed by atoms with van der Waals surface area (Å²) in [6.07, 6.45) is 18.9. The first-order chi connectivity index (χ1) is 11.1. The standard InChI is InChI=1S/C18H40N.H2O4S/c1-5-6-7-8-9-10-11-12-13-14-15-16-17-18-19(2,3)4;1-5(2,3)4/h5-18H2,1-4H3;(H2,1,2,3,4)/q+1;. The molecule has 2 N–H and O–H groups in total. The van der Waals surface area contributed by atoms with E-state index in [-0.39, 0.29) is 0 Å². The number of nitrogens with zero attached hydrogens (tertiary/aromatic N) is 1. The lowest BCUT2D eigenvalue weighted by molar-refractivity contribution is -0.870. The average molecular weight is 369 g/mol. The van der Waals surface area contributed by atoms with Gasteiger partial charge in [0.2, 0.25) is 0 Å². The highest BCUT2D eigenvalue weighted by molar-refractivity contribution is 7.79. The van der Waals surface area contributed by atoms with E-state index in [0.717, 1.165) is 4.48 Å². The van der Waals surface area contributed by atoms with Crippen molar-refractivity contribution in [3.63, 3.8) is 0 Å². The van der Waals surface area contributed by atoms with Gasteiger partial charge in [-0.1, -0.05) is 77.6 Å². The van der Waals surface area contributed by atoms with Gasteiger partial charge < -0.3 is 4.48 Å². The van der Waals surface area contributed by atoms with Crippen LogP contribution in [0.3, 0.4) is 0 Å². The van der Waals surface area contributed by atoms with E-state index in [4.69, 9.17) is 17.5 Å². The molecule has 0 amide bonds. The molecule has 0 aromatic carbocycles. The molecule has 24 heavy (non-hydrogen) atoms. The second kappa shape index (κ2) is 16.3. The first kappa shape index (κ1) is 26.1. The maximum absolute atomic E-state index is 8.74. The van der Waals surface area contributed by atoms with Crippen LogP contribution in [0.25, 0.3) is 0 Å². The van der Waals surface area contributed by atoms with Gasteiger partial charge in [-0.2, -0.15) is 8.42 Å². The molecular formula is C18H42NO4S+. The van der Waals surface area contributed by atoms with Gasteiger partial charge >= 0.3 is 10.4 Å². The summed E-state index contributed by atoms with van der Waals surface area (Å²) in [5, 5.41) is 0. The molecule has 0 rings (SSSR count). The molecule has 0 atom stereocenters. The van der Waals surface area contributed by atoms with Crippen LogP contribution >= 0.6 is 0 Å². The highest BCUT2D eigenvalue weighted by Gasteiger charge is 2.04. The molecule has 0 spiro atoms. The largest absolute Gasteiger partial charge is 0.394 e. The molecule has 0 aromatic rings. The molecule has 0 fully saturated rings. The number of unbranched alkanes of at least 4 members (excludes halogenated alkanes) is 12. The van der Waals surface area contributed by atoms with E-state index < -0.39 is 10.4 Å². The average Bonchev–Trinajstić information content (AvgIpc) is 2.41. The van der Waals surface area contributed by atoms with Crippen molar-refractivity contribution in [3.8, 4) is 0 Å². The van der Waals surface area contributed by atoms with Crippen molar-refractivity contribution in [2.24, 2.45) is 0 Å². The van der Waals surface area contributed by atoms with Crippen molar-refractivity contribution in [2.75, 3.05) is 27.7 Å². The van der Waals surface area contributed by atoms with E-state index in [1.54, 1.807) is 0 Å². The van der Waals surface area contributed by atoms with Gasteiger partial charge in [0.05, 0.1) is 27.7 Å². The zero-order valence-electron chi connectivity index (χ0n) is 16.5. The molecule has 0 aliphatic carbocycles. The van der Waals surface area contributed by atoms with Crippen LogP contribution in [-0.4, -0.2) is 49.7 Å². The Morgan fingerprint density at radius 3 is 1.12 bits per heavy atom. The molecule has 0 saturated carbocycles. The Balaban J connectivity index is 0. The highest BCUT2D eigenvalue weighted by atomic mass is 32.3. The van der Waals surface area contributed by atoms with Crippen LogP contribution in [-0.2, 0) is 10.4 Å². The van der Waals surface area contributed by atoms with Crippen LogP contribution in [0, 0.1) is 0 Å². The van der Waals surface area contributed by atoms with Crippen molar-refractivity contribution < 1.29 is 22.0 Å². The monoisotopic (exact) mass is 368 g/mol. The molecule has 0 saturated heterocycles. The van der Waals surface area contributed by atoms with Gasteiger partial charge in [-0.15, -0.1) is 0 Å². The van der Waals surface area contributed by atoms with Crippen LogP contribution in [0.4, 0.5) is 0 Å². The lowest BCUT2D eigenvalue weighted by Crippen LogP contribution is -2.35. The van der Waals surface area contributed by atoms with E-state index in [0.29, 0.717) is 0 Å². The fraction of sp³-hybridized carbons (Fsp3) is 1.00. The third kappa shape index (κ3) is 37.8. The normalized spacial score (nSPS) is 11.9. The van der Waals surface area contributed by atoms with E-state index >= 15 is 0 Å². The topological polar surface area (TPSA) is 74.6 Å². The van der Waals surface area contributed by atoms with Crippen LogP contribution in [0.2, 0.25) is 0 Å². The van der Waals surface area contributed by atoms with Gasteiger partial charge in [-0.3, -0.25) is 9.11 Å². The number of quaternary nitrogens is 1. The van der Waals surface area contributed by atoms with E-state index in [1.165, 1.54) is 90.0 Å². The van der Waals surface area contributed by atoms with Gasteiger partial charge in [-0.05, 0) is 12.8 Å². The molecule has 0 unspecified atom stereocenters. The van der Waals surface area contributed by atoms with Gasteiger partial charge in [0.1, 0.15) is 0 Å². The third-order valence-corrected chi connectivity index (χ3v) is 3.93. The Labute approximate surface area is 151 Å². The van der Waals surface area contributed by atoms with Crippen molar-refractivity contribution in [1.29, 1.82) is 0 Å². The summed E-state index contributed by atoms with van der Waals surface area (Å²) in [7, 11) is 2.21.